The van der Waals surface area contributed by atoms with Crippen LogP contribution in [-0.4, -0.2) is 41.1 Å². The van der Waals surface area contributed by atoms with Crippen LogP contribution in [0.3, 0.4) is 0 Å². The Morgan fingerprint density at radius 1 is 1.04 bits per heavy atom. The standard InChI is InChI=1S/C17H28N6O2/c1-12-9-13(2)11-22(10-12)17-19-15(18)14(23(24)25)16(20-17)21-7-5-3-4-6-8-21/h12-13H,3-11H2,1-2H3,(H2,18,19,20)/t12-,13-/m1/s1. The Bertz CT molecular complexity index is 620. The van der Waals surface area contributed by atoms with Gasteiger partial charge in [0.15, 0.2) is 0 Å². The maximum atomic E-state index is 11.6. The van der Waals surface area contributed by atoms with Gasteiger partial charge in [-0.15, -0.1) is 0 Å². The van der Waals surface area contributed by atoms with Gasteiger partial charge < -0.3 is 15.5 Å². The van der Waals surface area contributed by atoms with E-state index in [1.165, 1.54) is 6.42 Å². The van der Waals surface area contributed by atoms with E-state index in [0.29, 0.717) is 23.6 Å². The van der Waals surface area contributed by atoms with E-state index in [1.807, 2.05) is 4.90 Å². The number of anilines is 3. The summed E-state index contributed by atoms with van der Waals surface area (Å²) < 4.78 is 0. The minimum Gasteiger partial charge on any atom is -0.378 e. The van der Waals surface area contributed by atoms with E-state index in [9.17, 15) is 10.1 Å². The first-order valence-corrected chi connectivity index (χ1v) is 9.27. The molecular formula is C17H28N6O2. The van der Waals surface area contributed by atoms with E-state index < -0.39 is 4.92 Å². The van der Waals surface area contributed by atoms with Gasteiger partial charge in [-0.05, 0) is 31.1 Å². The first-order chi connectivity index (χ1) is 12.0. The van der Waals surface area contributed by atoms with Crippen molar-refractivity contribution < 1.29 is 4.92 Å². The van der Waals surface area contributed by atoms with Crippen molar-refractivity contribution in [2.24, 2.45) is 11.8 Å². The molecule has 0 aromatic carbocycles. The van der Waals surface area contributed by atoms with Gasteiger partial charge in [-0.2, -0.15) is 9.97 Å². The summed E-state index contributed by atoms with van der Waals surface area (Å²) >= 11 is 0. The van der Waals surface area contributed by atoms with E-state index in [2.05, 4.69) is 28.7 Å². The highest BCUT2D eigenvalue weighted by Gasteiger charge is 2.31. The van der Waals surface area contributed by atoms with E-state index in [-0.39, 0.29) is 11.5 Å². The van der Waals surface area contributed by atoms with Gasteiger partial charge in [-0.1, -0.05) is 26.7 Å². The smallest absolute Gasteiger partial charge is 0.353 e. The SMILES string of the molecule is C[C@@H]1C[C@@H](C)CN(c2nc(N)c([N+](=O)[O-])c(N3CCCCCC3)n2)C1. The second-order valence-electron chi connectivity index (χ2n) is 7.59. The molecule has 0 amide bonds. The lowest BCUT2D eigenvalue weighted by atomic mass is 9.92. The first-order valence-electron chi connectivity index (χ1n) is 9.27. The fourth-order valence-corrected chi connectivity index (χ4v) is 4.09. The van der Waals surface area contributed by atoms with Gasteiger partial charge in [0.25, 0.3) is 0 Å². The zero-order valence-corrected chi connectivity index (χ0v) is 15.1. The molecule has 0 aliphatic carbocycles. The van der Waals surface area contributed by atoms with Crippen LogP contribution >= 0.6 is 0 Å². The maximum Gasteiger partial charge on any atom is 0.353 e. The number of nitrogen functional groups attached to an aromatic ring is 1. The summed E-state index contributed by atoms with van der Waals surface area (Å²) in [6.45, 7) is 7.72. The predicted octanol–water partition coefficient (Wildman–Crippen LogP) is 2.83. The van der Waals surface area contributed by atoms with Crippen LogP contribution in [0, 0.1) is 22.0 Å². The van der Waals surface area contributed by atoms with Gasteiger partial charge in [0, 0.05) is 26.2 Å². The van der Waals surface area contributed by atoms with Crippen molar-refractivity contribution in [2.45, 2.75) is 46.0 Å². The Morgan fingerprint density at radius 2 is 1.64 bits per heavy atom. The van der Waals surface area contributed by atoms with Gasteiger partial charge in [0.05, 0.1) is 4.92 Å². The minimum atomic E-state index is -0.444. The quantitative estimate of drug-likeness (QED) is 0.662. The molecule has 8 heteroatoms. The molecule has 2 aliphatic heterocycles. The van der Waals surface area contributed by atoms with Crippen molar-refractivity contribution in [3.05, 3.63) is 10.1 Å². The van der Waals surface area contributed by atoms with Crippen LogP contribution in [-0.2, 0) is 0 Å². The van der Waals surface area contributed by atoms with E-state index >= 15 is 0 Å². The molecule has 138 valence electrons. The van der Waals surface area contributed by atoms with Crippen LogP contribution in [0.1, 0.15) is 46.0 Å². The lowest BCUT2D eigenvalue weighted by Crippen LogP contribution is -2.40. The number of nitrogens with zero attached hydrogens (tertiary/aromatic N) is 5. The molecule has 1 aromatic heterocycles. The van der Waals surface area contributed by atoms with Crippen LogP contribution in [0.15, 0.2) is 0 Å². The molecule has 1 aromatic rings. The first kappa shape index (κ1) is 17.7. The molecule has 2 atom stereocenters. The van der Waals surface area contributed by atoms with Crippen molar-refractivity contribution in [3.63, 3.8) is 0 Å². The van der Waals surface area contributed by atoms with Crippen LogP contribution in [0.25, 0.3) is 0 Å². The minimum absolute atomic E-state index is 0.0277. The lowest BCUT2D eigenvalue weighted by Gasteiger charge is -2.35. The molecule has 3 heterocycles. The summed E-state index contributed by atoms with van der Waals surface area (Å²) in [6, 6.07) is 0. The molecule has 2 fully saturated rings. The molecule has 3 rings (SSSR count). The van der Waals surface area contributed by atoms with E-state index in [1.54, 1.807) is 0 Å². The van der Waals surface area contributed by atoms with Gasteiger partial charge in [0.2, 0.25) is 17.6 Å². The normalized spacial score (nSPS) is 24.9. The molecule has 2 saturated heterocycles. The predicted molar refractivity (Wildman–Crippen MR) is 98.9 cm³/mol. The molecule has 0 saturated carbocycles. The van der Waals surface area contributed by atoms with Gasteiger partial charge in [-0.25, -0.2) is 0 Å². The summed E-state index contributed by atoms with van der Waals surface area (Å²) in [6.07, 6.45) is 5.53. The number of rotatable bonds is 3. The van der Waals surface area contributed by atoms with E-state index in [4.69, 9.17) is 5.73 Å². The Kier molecular flexibility index (Phi) is 5.24. The average Bonchev–Trinajstić information content (AvgIpc) is 2.82. The fraction of sp³-hybridized carbons (Fsp3) is 0.765. The second kappa shape index (κ2) is 7.41. The summed E-state index contributed by atoms with van der Waals surface area (Å²) in [7, 11) is 0. The summed E-state index contributed by atoms with van der Waals surface area (Å²) in [5, 5.41) is 11.6. The third-order valence-electron chi connectivity index (χ3n) is 5.12. The van der Waals surface area contributed by atoms with Gasteiger partial charge in [-0.3, -0.25) is 10.1 Å². The Labute approximate surface area is 148 Å². The number of nitro groups is 1. The van der Waals surface area contributed by atoms with Crippen molar-refractivity contribution in [1.29, 1.82) is 0 Å². The van der Waals surface area contributed by atoms with E-state index in [0.717, 1.165) is 51.9 Å². The number of nitrogens with two attached hydrogens (primary N) is 1. The highest BCUT2D eigenvalue weighted by molar-refractivity contribution is 5.71. The lowest BCUT2D eigenvalue weighted by molar-refractivity contribution is -0.383. The largest absolute Gasteiger partial charge is 0.378 e. The maximum absolute atomic E-state index is 11.6. The van der Waals surface area contributed by atoms with Crippen LogP contribution < -0.4 is 15.5 Å². The Morgan fingerprint density at radius 3 is 2.20 bits per heavy atom. The number of piperidine rings is 1. The fourth-order valence-electron chi connectivity index (χ4n) is 4.09. The molecule has 25 heavy (non-hydrogen) atoms. The highest BCUT2D eigenvalue weighted by atomic mass is 16.6. The molecule has 2 aliphatic rings. The molecule has 0 radical (unpaired) electrons. The number of aromatic nitrogens is 2. The third-order valence-corrected chi connectivity index (χ3v) is 5.12. The van der Waals surface area contributed by atoms with Crippen LogP contribution in [0.2, 0.25) is 0 Å². The molecule has 0 bridgehead atoms. The molecule has 2 N–H and O–H groups in total. The third kappa shape index (κ3) is 3.93. The molecule has 0 unspecified atom stereocenters. The average molecular weight is 348 g/mol. The van der Waals surface area contributed by atoms with Crippen molar-refractivity contribution in [1.82, 2.24) is 9.97 Å². The van der Waals surface area contributed by atoms with Crippen molar-refractivity contribution >= 4 is 23.3 Å². The topological polar surface area (TPSA) is 101 Å². The Hall–Kier alpha value is -2.12. The number of hydrogen-bond donors (Lipinski definition) is 1. The zero-order valence-electron chi connectivity index (χ0n) is 15.1. The van der Waals surface area contributed by atoms with Crippen molar-refractivity contribution in [2.75, 3.05) is 41.7 Å². The molecule has 8 nitrogen and oxygen atoms in total. The summed E-state index contributed by atoms with van der Waals surface area (Å²) in [5.41, 5.74) is 5.85. The Balaban J connectivity index is 1.99. The molecular weight excluding hydrogens is 320 g/mol. The zero-order chi connectivity index (χ0) is 18.0. The van der Waals surface area contributed by atoms with Gasteiger partial charge in [0.1, 0.15) is 0 Å². The van der Waals surface area contributed by atoms with Crippen LogP contribution in [0.5, 0.6) is 0 Å². The monoisotopic (exact) mass is 348 g/mol. The number of hydrogen-bond acceptors (Lipinski definition) is 7. The van der Waals surface area contributed by atoms with Crippen molar-refractivity contribution in [3.8, 4) is 0 Å². The van der Waals surface area contributed by atoms with Crippen LogP contribution in [0.4, 0.5) is 23.3 Å². The summed E-state index contributed by atoms with van der Waals surface area (Å²) in [4.78, 5) is 24.2. The highest BCUT2D eigenvalue weighted by Crippen LogP contribution is 2.35. The van der Waals surface area contributed by atoms with Gasteiger partial charge >= 0.3 is 5.69 Å². The molecule has 0 spiro atoms. The second-order valence-corrected chi connectivity index (χ2v) is 7.59. The summed E-state index contributed by atoms with van der Waals surface area (Å²) in [5.74, 6) is 1.98.